The van der Waals surface area contributed by atoms with E-state index in [1.165, 1.54) is 25.3 Å². The fourth-order valence-corrected chi connectivity index (χ4v) is 7.72. The van der Waals surface area contributed by atoms with Crippen molar-refractivity contribution in [3.05, 3.63) is 51.6 Å². The van der Waals surface area contributed by atoms with E-state index < -0.39 is 114 Å². The Bertz CT molecular complexity index is 2000. The lowest BCUT2D eigenvalue weighted by atomic mass is 9.72. The first-order chi connectivity index (χ1) is 27.9. The number of esters is 1. The molecule has 1 saturated heterocycles. The van der Waals surface area contributed by atoms with E-state index in [2.05, 4.69) is 5.32 Å². The van der Waals surface area contributed by atoms with Crippen LogP contribution in [0.5, 0.6) is 17.2 Å². The summed E-state index contributed by atoms with van der Waals surface area (Å²) in [7, 11) is 1.30. The zero-order valence-electron chi connectivity index (χ0n) is 33.5. The molecule has 5 rings (SSSR count). The normalized spacial score (nSPS) is 23.9. The number of rotatable bonds is 18. The van der Waals surface area contributed by atoms with Gasteiger partial charge in [-0.25, -0.2) is 0 Å². The number of fused-ring (bicyclic) bond motifs is 3. The zero-order valence-corrected chi connectivity index (χ0v) is 33.5. The molecule has 7 atom stereocenters. The molecule has 0 bridgehead atoms. The van der Waals surface area contributed by atoms with E-state index in [0.717, 1.165) is 19.3 Å². The summed E-state index contributed by atoms with van der Waals surface area (Å²) < 4.78 is 22.3. The predicted molar refractivity (Wildman–Crippen MR) is 206 cm³/mol. The molecule has 17 heteroatoms. The number of methoxy groups -OCH3 is 1. The van der Waals surface area contributed by atoms with Gasteiger partial charge in [0.25, 0.3) is 0 Å². The van der Waals surface area contributed by atoms with E-state index in [1.54, 1.807) is 13.8 Å². The van der Waals surface area contributed by atoms with Crippen molar-refractivity contribution >= 4 is 40.8 Å². The van der Waals surface area contributed by atoms with Gasteiger partial charge in [0.1, 0.15) is 41.0 Å². The van der Waals surface area contributed by atoms with Crippen LogP contribution in [-0.4, -0.2) is 112 Å². The van der Waals surface area contributed by atoms with Crippen LogP contribution in [0.4, 0.5) is 0 Å². The summed E-state index contributed by atoms with van der Waals surface area (Å²) in [5.41, 5.74) is 1.81. The SMILES string of the molecule is COc1cccc2c1C(=O)c1c(O)c3c(c(O)c1C2=O)CC(O)(C(=O)COC(=O)CNC(=O)CCC(=O)CCCCC[C@@H](C)C(C)=O)C[C@H]3OC1CC(N)C(O)C(C)O1. The maximum absolute atomic E-state index is 13.9. The monoisotopic (exact) mass is 824 g/mol. The van der Waals surface area contributed by atoms with Gasteiger partial charge in [0.2, 0.25) is 17.5 Å². The maximum Gasteiger partial charge on any atom is 0.325 e. The summed E-state index contributed by atoms with van der Waals surface area (Å²) >= 11 is 0. The summed E-state index contributed by atoms with van der Waals surface area (Å²) in [6, 6.07) is 3.46. The molecule has 3 aliphatic rings. The van der Waals surface area contributed by atoms with Gasteiger partial charge in [-0.3, -0.25) is 33.6 Å². The van der Waals surface area contributed by atoms with Crippen LogP contribution >= 0.6 is 0 Å². The molecule has 1 fully saturated rings. The predicted octanol–water partition coefficient (Wildman–Crippen LogP) is 2.19. The van der Waals surface area contributed by atoms with Crippen molar-refractivity contribution in [2.24, 2.45) is 11.7 Å². The Morgan fingerprint density at radius 1 is 1.00 bits per heavy atom. The van der Waals surface area contributed by atoms with Gasteiger partial charge in [-0.15, -0.1) is 0 Å². The zero-order chi connectivity index (χ0) is 43.3. The molecule has 0 aromatic heterocycles. The number of aliphatic hydroxyl groups is 2. The van der Waals surface area contributed by atoms with Crippen LogP contribution in [0.25, 0.3) is 0 Å². The highest BCUT2D eigenvalue weighted by molar-refractivity contribution is 6.31. The van der Waals surface area contributed by atoms with Gasteiger partial charge in [0.05, 0.1) is 42.1 Å². The number of aromatic hydroxyl groups is 2. The molecule has 0 saturated carbocycles. The second kappa shape index (κ2) is 18.9. The van der Waals surface area contributed by atoms with E-state index >= 15 is 0 Å². The quantitative estimate of drug-likeness (QED) is 0.0609. The minimum Gasteiger partial charge on any atom is -0.507 e. The summed E-state index contributed by atoms with van der Waals surface area (Å²) in [5, 5.41) is 48.0. The molecule has 7 N–H and O–H groups in total. The molecule has 2 aromatic carbocycles. The van der Waals surface area contributed by atoms with Gasteiger partial charge in [0, 0.05) is 67.2 Å². The van der Waals surface area contributed by atoms with Crippen LogP contribution in [0.2, 0.25) is 0 Å². The van der Waals surface area contributed by atoms with E-state index in [9.17, 15) is 54.0 Å². The molecular formula is C42H52N2O15. The van der Waals surface area contributed by atoms with Gasteiger partial charge in [-0.05, 0) is 32.8 Å². The number of aliphatic hydroxyl groups excluding tert-OH is 1. The van der Waals surface area contributed by atoms with Gasteiger partial charge in [-0.1, -0.05) is 31.9 Å². The summed E-state index contributed by atoms with van der Waals surface area (Å²) in [4.78, 5) is 89.9. The minimum atomic E-state index is -2.45. The number of Topliss-reactive ketones (excluding diaryl/α,β-unsaturated/α-hetero) is 3. The second-order valence-corrected chi connectivity index (χ2v) is 15.6. The molecule has 5 unspecified atom stereocenters. The number of nitrogens with one attached hydrogen (secondary N) is 1. The third-order valence-corrected chi connectivity index (χ3v) is 11.4. The minimum absolute atomic E-state index is 0.0214. The number of phenols is 2. The number of amides is 1. The number of hydrogen-bond acceptors (Lipinski definition) is 16. The Morgan fingerprint density at radius 2 is 1.71 bits per heavy atom. The van der Waals surface area contributed by atoms with Crippen LogP contribution in [0.15, 0.2) is 18.2 Å². The van der Waals surface area contributed by atoms with Crippen molar-refractivity contribution in [3.8, 4) is 17.2 Å². The van der Waals surface area contributed by atoms with Crippen LogP contribution in [0, 0.1) is 5.92 Å². The van der Waals surface area contributed by atoms with E-state index in [-0.39, 0.29) is 71.2 Å². The molecule has 2 aromatic rings. The highest BCUT2D eigenvalue weighted by atomic mass is 16.7. The molecule has 0 spiro atoms. The Balaban J connectivity index is 1.27. The molecule has 1 aliphatic heterocycles. The second-order valence-electron chi connectivity index (χ2n) is 15.6. The van der Waals surface area contributed by atoms with Crippen LogP contribution in [-0.2, 0) is 44.6 Å². The standard InChI is InChI=1S/C42H52N2O15/c1-20(21(2)45)9-6-5-7-10-23(46)13-14-30(48)44-18-31(49)57-19-29(47)42(55)16-25-34(28(17-42)59-32-15-26(43)37(50)22(3)58-32)41(54)36-35(39(25)52)38(51)24-11-8-12-27(56-4)33(24)40(36)53/h8,11-12,20,22,26,28,32,37,50,52,54-55H,5-7,9-10,13-19,43H2,1-4H3,(H,44,48)/t20-,22?,26?,28-,32?,37?,42?/m1/s1. The molecule has 1 amide bonds. The van der Waals surface area contributed by atoms with Crippen molar-refractivity contribution in [2.75, 3.05) is 20.3 Å². The molecule has 59 heavy (non-hydrogen) atoms. The molecular weight excluding hydrogens is 772 g/mol. The first kappa shape index (κ1) is 45.0. The Morgan fingerprint density at radius 3 is 2.39 bits per heavy atom. The van der Waals surface area contributed by atoms with Gasteiger partial charge in [-0.2, -0.15) is 0 Å². The number of phenolic OH excluding ortho intramolecular Hbond substituents is 2. The lowest BCUT2D eigenvalue weighted by molar-refractivity contribution is -0.247. The lowest BCUT2D eigenvalue weighted by Gasteiger charge is -2.42. The fraction of sp³-hybridized carbons (Fsp3) is 0.548. The van der Waals surface area contributed by atoms with Crippen LogP contribution in [0.3, 0.4) is 0 Å². The van der Waals surface area contributed by atoms with E-state index in [1.807, 2.05) is 6.92 Å². The molecule has 320 valence electrons. The first-order valence-corrected chi connectivity index (χ1v) is 19.7. The number of nitrogens with two attached hydrogens (primary N) is 1. The molecule has 2 aliphatic carbocycles. The molecule has 1 heterocycles. The molecule has 17 nitrogen and oxygen atoms in total. The third-order valence-electron chi connectivity index (χ3n) is 11.4. The van der Waals surface area contributed by atoms with Crippen molar-refractivity contribution in [3.63, 3.8) is 0 Å². The highest BCUT2D eigenvalue weighted by Gasteiger charge is 2.50. The number of ether oxygens (including phenoxy) is 4. The molecule has 0 radical (unpaired) electrons. The van der Waals surface area contributed by atoms with Gasteiger partial charge < -0.3 is 50.4 Å². The van der Waals surface area contributed by atoms with Gasteiger partial charge >= 0.3 is 5.97 Å². The first-order valence-electron chi connectivity index (χ1n) is 19.7. The number of carbonyl (C=O) groups is 7. The summed E-state index contributed by atoms with van der Waals surface area (Å²) in [6.45, 7) is 3.32. The Hall–Kier alpha value is -5.07. The third kappa shape index (κ3) is 9.87. The number of unbranched alkanes of at least 4 members (excludes halogenated alkanes) is 2. The van der Waals surface area contributed by atoms with Crippen molar-refractivity contribution in [1.82, 2.24) is 5.32 Å². The van der Waals surface area contributed by atoms with Crippen molar-refractivity contribution in [1.29, 1.82) is 0 Å². The lowest BCUT2D eigenvalue weighted by Crippen LogP contribution is -2.53. The smallest absolute Gasteiger partial charge is 0.325 e. The van der Waals surface area contributed by atoms with E-state index in [4.69, 9.17) is 24.7 Å². The summed E-state index contributed by atoms with van der Waals surface area (Å²) in [5.74, 6) is -5.86. The number of benzene rings is 2. The summed E-state index contributed by atoms with van der Waals surface area (Å²) in [6.07, 6.45) is -2.85. The fourth-order valence-electron chi connectivity index (χ4n) is 7.72. The Kier molecular flexibility index (Phi) is 14.4. The van der Waals surface area contributed by atoms with E-state index in [0.29, 0.717) is 6.42 Å². The Labute approximate surface area is 340 Å². The number of ketones is 5. The van der Waals surface area contributed by atoms with Gasteiger partial charge in [0.15, 0.2) is 18.7 Å². The highest BCUT2D eigenvalue weighted by Crippen LogP contribution is 2.52. The largest absolute Gasteiger partial charge is 0.507 e. The maximum atomic E-state index is 13.9. The number of carbonyl (C=O) groups excluding carboxylic acids is 7. The van der Waals surface area contributed by atoms with Crippen LogP contribution in [0.1, 0.15) is 128 Å². The van der Waals surface area contributed by atoms with Crippen molar-refractivity contribution in [2.45, 2.75) is 121 Å². The van der Waals surface area contributed by atoms with Crippen LogP contribution < -0.4 is 15.8 Å². The average Bonchev–Trinajstić information content (AvgIpc) is 3.19. The average molecular weight is 825 g/mol. The van der Waals surface area contributed by atoms with Crippen molar-refractivity contribution < 1.29 is 72.9 Å². The number of hydrogen-bond donors (Lipinski definition) is 6. The topological polar surface area (TPSA) is 275 Å².